The lowest BCUT2D eigenvalue weighted by Gasteiger charge is -2.12. The maximum absolute atomic E-state index is 12.4. The lowest BCUT2D eigenvalue weighted by molar-refractivity contribution is -0.123. The second-order valence-corrected chi connectivity index (χ2v) is 6.94. The van der Waals surface area contributed by atoms with Crippen molar-refractivity contribution in [1.29, 1.82) is 0 Å². The fourth-order valence-corrected chi connectivity index (χ4v) is 2.77. The maximum atomic E-state index is 12.4. The molecule has 32 heavy (non-hydrogen) atoms. The SMILES string of the molecule is CCCCCCOc1ccccc1C(=O)NNC(=O)COc1ccc(C(=O)OCC)cc1. The van der Waals surface area contributed by atoms with Crippen molar-refractivity contribution in [3.63, 3.8) is 0 Å². The standard InChI is InChI=1S/C24H30N2O6/c1-3-5-6-9-16-31-21-11-8-7-10-20(21)23(28)26-25-22(27)17-32-19-14-12-18(13-15-19)24(29)30-4-2/h7-8,10-15H,3-6,9,16-17H2,1-2H3,(H,25,27)(H,26,28). The molecule has 0 fully saturated rings. The summed E-state index contributed by atoms with van der Waals surface area (Å²) in [5.74, 6) is -0.577. The number of benzene rings is 2. The van der Waals surface area contributed by atoms with Gasteiger partial charge in [0.25, 0.3) is 11.8 Å². The molecule has 2 amide bonds. The number of esters is 1. The highest BCUT2D eigenvalue weighted by Gasteiger charge is 2.13. The summed E-state index contributed by atoms with van der Waals surface area (Å²) >= 11 is 0. The molecule has 0 aliphatic carbocycles. The van der Waals surface area contributed by atoms with Crippen molar-refractivity contribution in [1.82, 2.24) is 10.9 Å². The Morgan fingerprint density at radius 2 is 1.59 bits per heavy atom. The summed E-state index contributed by atoms with van der Waals surface area (Å²) in [5.41, 5.74) is 5.40. The Bertz CT molecular complexity index is 882. The summed E-state index contributed by atoms with van der Waals surface area (Å²) in [5, 5.41) is 0. The Morgan fingerprint density at radius 3 is 2.31 bits per heavy atom. The molecule has 2 N–H and O–H groups in total. The molecule has 0 radical (unpaired) electrons. The molecule has 2 aromatic rings. The minimum atomic E-state index is -0.536. The molecule has 0 aliphatic heterocycles. The van der Waals surface area contributed by atoms with Gasteiger partial charge in [0.05, 0.1) is 24.3 Å². The predicted octanol–water partition coefficient (Wildman–Crippen LogP) is 3.66. The summed E-state index contributed by atoms with van der Waals surface area (Å²) in [7, 11) is 0. The summed E-state index contributed by atoms with van der Waals surface area (Å²) in [4.78, 5) is 36.1. The monoisotopic (exact) mass is 442 g/mol. The molecule has 2 rings (SSSR count). The van der Waals surface area contributed by atoms with Crippen LogP contribution in [-0.2, 0) is 9.53 Å². The zero-order valence-electron chi connectivity index (χ0n) is 18.5. The van der Waals surface area contributed by atoms with Gasteiger partial charge in [-0.15, -0.1) is 0 Å². The molecule has 0 bridgehead atoms. The second kappa shape index (κ2) is 13.7. The molecule has 2 aromatic carbocycles. The van der Waals surface area contributed by atoms with E-state index >= 15 is 0 Å². The summed E-state index contributed by atoms with van der Waals surface area (Å²) in [6.45, 7) is 4.38. The van der Waals surface area contributed by atoms with Gasteiger partial charge in [0.1, 0.15) is 11.5 Å². The average molecular weight is 443 g/mol. The fraction of sp³-hybridized carbons (Fsp3) is 0.375. The van der Waals surface area contributed by atoms with Crippen LogP contribution in [0.2, 0.25) is 0 Å². The average Bonchev–Trinajstić information content (AvgIpc) is 2.82. The van der Waals surface area contributed by atoms with Crippen LogP contribution in [0, 0.1) is 0 Å². The number of rotatable bonds is 12. The number of para-hydroxylation sites is 1. The first-order chi connectivity index (χ1) is 15.5. The Balaban J connectivity index is 1.78. The Hall–Kier alpha value is -3.55. The summed E-state index contributed by atoms with van der Waals surface area (Å²) < 4.78 is 16.0. The summed E-state index contributed by atoms with van der Waals surface area (Å²) in [6, 6.07) is 13.1. The van der Waals surface area contributed by atoms with Crippen LogP contribution in [-0.4, -0.2) is 37.6 Å². The molecule has 0 aromatic heterocycles. The van der Waals surface area contributed by atoms with Crippen LogP contribution in [0.25, 0.3) is 0 Å². The molecule has 0 spiro atoms. The van der Waals surface area contributed by atoms with Crippen LogP contribution < -0.4 is 20.3 Å². The van der Waals surface area contributed by atoms with Crippen LogP contribution in [0.3, 0.4) is 0 Å². The predicted molar refractivity (Wildman–Crippen MR) is 120 cm³/mol. The molecule has 172 valence electrons. The number of hydrazine groups is 1. The van der Waals surface area contributed by atoms with Gasteiger partial charge in [0.15, 0.2) is 6.61 Å². The summed E-state index contributed by atoms with van der Waals surface area (Å²) in [6.07, 6.45) is 4.28. The molecule has 0 atom stereocenters. The van der Waals surface area contributed by atoms with Gasteiger partial charge in [-0.05, 0) is 49.7 Å². The van der Waals surface area contributed by atoms with Crippen LogP contribution in [0.1, 0.15) is 60.2 Å². The van der Waals surface area contributed by atoms with Gasteiger partial charge in [-0.1, -0.05) is 38.3 Å². The van der Waals surface area contributed by atoms with Gasteiger partial charge in [-0.25, -0.2) is 4.79 Å². The third kappa shape index (κ3) is 8.29. The first-order valence-electron chi connectivity index (χ1n) is 10.8. The van der Waals surface area contributed by atoms with Crippen LogP contribution >= 0.6 is 0 Å². The van der Waals surface area contributed by atoms with E-state index < -0.39 is 17.8 Å². The first-order valence-corrected chi connectivity index (χ1v) is 10.8. The van der Waals surface area contributed by atoms with Crippen molar-refractivity contribution in [2.75, 3.05) is 19.8 Å². The van der Waals surface area contributed by atoms with Crippen LogP contribution in [0.15, 0.2) is 48.5 Å². The highest BCUT2D eigenvalue weighted by atomic mass is 16.5. The Labute approximate surface area is 188 Å². The van der Waals surface area contributed by atoms with Crippen LogP contribution in [0.5, 0.6) is 11.5 Å². The second-order valence-electron chi connectivity index (χ2n) is 6.94. The number of unbranched alkanes of at least 4 members (excludes halogenated alkanes) is 3. The molecule has 0 aliphatic rings. The maximum Gasteiger partial charge on any atom is 0.338 e. The van der Waals surface area contributed by atoms with Crippen molar-refractivity contribution in [3.8, 4) is 11.5 Å². The van der Waals surface area contributed by atoms with Gasteiger partial charge < -0.3 is 14.2 Å². The van der Waals surface area contributed by atoms with E-state index in [0.29, 0.717) is 35.8 Å². The number of carbonyl (C=O) groups excluding carboxylic acids is 3. The van der Waals surface area contributed by atoms with Gasteiger partial charge in [0.2, 0.25) is 0 Å². The topological polar surface area (TPSA) is 103 Å². The zero-order valence-corrected chi connectivity index (χ0v) is 18.5. The van der Waals surface area contributed by atoms with E-state index in [4.69, 9.17) is 14.2 Å². The molecule has 0 heterocycles. The fourth-order valence-electron chi connectivity index (χ4n) is 2.77. The zero-order chi connectivity index (χ0) is 23.2. The quantitative estimate of drug-likeness (QED) is 0.295. The van der Waals surface area contributed by atoms with E-state index in [-0.39, 0.29) is 6.61 Å². The van der Waals surface area contributed by atoms with Gasteiger partial charge in [-0.2, -0.15) is 0 Å². The molecular formula is C24H30N2O6. The Kier molecular flexibility index (Phi) is 10.6. The highest BCUT2D eigenvalue weighted by molar-refractivity contribution is 5.97. The lowest BCUT2D eigenvalue weighted by Crippen LogP contribution is -2.43. The van der Waals surface area contributed by atoms with Crippen molar-refractivity contribution < 1.29 is 28.6 Å². The third-order valence-electron chi connectivity index (χ3n) is 4.44. The van der Waals surface area contributed by atoms with Crippen molar-refractivity contribution >= 4 is 17.8 Å². The first kappa shape index (κ1) is 24.7. The number of hydrogen-bond donors (Lipinski definition) is 2. The Morgan fingerprint density at radius 1 is 0.844 bits per heavy atom. The van der Waals surface area contributed by atoms with E-state index in [2.05, 4.69) is 17.8 Å². The smallest absolute Gasteiger partial charge is 0.338 e. The lowest BCUT2D eigenvalue weighted by atomic mass is 10.2. The molecule has 8 nitrogen and oxygen atoms in total. The molecule has 0 unspecified atom stereocenters. The minimum Gasteiger partial charge on any atom is -0.493 e. The molecule has 0 saturated carbocycles. The number of nitrogens with one attached hydrogen (secondary N) is 2. The third-order valence-corrected chi connectivity index (χ3v) is 4.44. The number of ether oxygens (including phenoxy) is 3. The highest BCUT2D eigenvalue weighted by Crippen LogP contribution is 2.18. The van der Waals surface area contributed by atoms with E-state index in [0.717, 1.165) is 25.7 Å². The van der Waals surface area contributed by atoms with E-state index in [1.54, 1.807) is 55.5 Å². The molecule has 0 saturated heterocycles. The number of carbonyl (C=O) groups is 3. The number of hydrogen-bond acceptors (Lipinski definition) is 6. The van der Waals surface area contributed by atoms with E-state index in [1.807, 2.05) is 0 Å². The van der Waals surface area contributed by atoms with E-state index in [1.165, 1.54) is 0 Å². The van der Waals surface area contributed by atoms with Gasteiger partial charge in [-0.3, -0.25) is 20.4 Å². The molecule has 8 heteroatoms. The van der Waals surface area contributed by atoms with Crippen LogP contribution in [0.4, 0.5) is 0 Å². The van der Waals surface area contributed by atoms with Gasteiger partial charge >= 0.3 is 5.97 Å². The normalized spacial score (nSPS) is 10.2. The largest absolute Gasteiger partial charge is 0.493 e. The van der Waals surface area contributed by atoms with E-state index in [9.17, 15) is 14.4 Å². The van der Waals surface area contributed by atoms with Crippen molar-refractivity contribution in [3.05, 3.63) is 59.7 Å². The number of amides is 2. The molecular weight excluding hydrogens is 412 g/mol. The minimum absolute atomic E-state index is 0.290. The van der Waals surface area contributed by atoms with Crippen molar-refractivity contribution in [2.45, 2.75) is 39.5 Å². The van der Waals surface area contributed by atoms with Gasteiger partial charge in [0, 0.05) is 0 Å². The van der Waals surface area contributed by atoms with Crippen molar-refractivity contribution in [2.24, 2.45) is 0 Å².